The van der Waals surface area contributed by atoms with Crippen molar-refractivity contribution in [2.75, 3.05) is 13.1 Å². The van der Waals surface area contributed by atoms with Gasteiger partial charge in [-0.1, -0.05) is 12.1 Å². The van der Waals surface area contributed by atoms with Crippen molar-refractivity contribution in [3.05, 3.63) is 35.6 Å². The Balaban J connectivity index is 1.30. The Bertz CT molecular complexity index is 464. The summed E-state index contributed by atoms with van der Waals surface area (Å²) in [5, 5.41) is 6.41. The van der Waals surface area contributed by atoms with Crippen LogP contribution in [0.2, 0.25) is 0 Å². The maximum atomic E-state index is 12.8. The van der Waals surface area contributed by atoms with Crippen LogP contribution < -0.4 is 10.6 Å². The van der Waals surface area contributed by atoms with Gasteiger partial charge in [0, 0.05) is 25.0 Å². The van der Waals surface area contributed by atoms with Gasteiger partial charge in [0.05, 0.1) is 0 Å². The van der Waals surface area contributed by atoms with Crippen LogP contribution in [0.4, 0.5) is 4.39 Å². The van der Waals surface area contributed by atoms with Crippen molar-refractivity contribution in [1.82, 2.24) is 10.6 Å². The molecule has 2 saturated carbocycles. The summed E-state index contributed by atoms with van der Waals surface area (Å²) in [6, 6.07) is 7.36. The van der Waals surface area contributed by atoms with Crippen LogP contribution in [0.5, 0.6) is 0 Å². The average Bonchev–Trinajstić information content (AvgIpc) is 3.22. The zero-order valence-electron chi connectivity index (χ0n) is 11.6. The molecule has 0 saturated heterocycles. The van der Waals surface area contributed by atoms with Crippen molar-refractivity contribution in [2.45, 2.75) is 37.6 Å². The van der Waals surface area contributed by atoms with Crippen molar-refractivity contribution < 1.29 is 9.18 Å². The summed E-state index contributed by atoms with van der Waals surface area (Å²) in [7, 11) is 0. The fourth-order valence-corrected chi connectivity index (χ4v) is 2.74. The molecule has 0 aliphatic heterocycles. The lowest BCUT2D eigenvalue weighted by Gasteiger charge is -2.36. The van der Waals surface area contributed by atoms with Crippen LogP contribution in [0.3, 0.4) is 0 Å². The molecule has 1 aromatic rings. The number of nitrogens with one attached hydrogen (secondary N) is 2. The van der Waals surface area contributed by atoms with E-state index in [0.717, 1.165) is 32.2 Å². The SMILES string of the molecule is O=C(NCCNC1CC(c2ccc(F)cc2)C1)C1CC1. The normalized spacial score (nSPS) is 25.1. The van der Waals surface area contributed by atoms with Gasteiger partial charge in [-0.15, -0.1) is 0 Å². The molecule has 2 N–H and O–H groups in total. The minimum Gasteiger partial charge on any atom is -0.355 e. The second kappa shape index (κ2) is 5.92. The summed E-state index contributed by atoms with van der Waals surface area (Å²) in [6.07, 6.45) is 4.31. The van der Waals surface area contributed by atoms with Crippen molar-refractivity contribution >= 4 is 5.91 Å². The highest BCUT2D eigenvalue weighted by Gasteiger charge is 2.30. The summed E-state index contributed by atoms with van der Waals surface area (Å²) < 4.78 is 12.8. The molecule has 1 amide bonds. The molecule has 2 aliphatic carbocycles. The van der Waals surface area contributed by atoms with Gasteiger partial charge >= 0.3 is 0 Å². The Morgan fingerprint density at radius 1 is 1.15 bits per heavy atom. The van der Waals surface area contributed by atoms with Crippen LogP contribution in [-0.4, -0.2) is 25.0 Å². The lowest BCUT2D eigenvalue weighted by Crippen LogP contribution is -2.43. The average molecular weight is 276 g/mol. The van der Waals surface area contributed by atoms with E-state index in [1.165, 1.54) is 17.7 Å². The fourth-order valence-electron chi connectivity index (χ4n) is 2.74. The summed E-state index contributed by atoms with van der Waals surface area (Å²) in [5.41, 5.74) is 1.23. The van der Waals surface area contributed by atoms with E-state index in [0.29, 0.717) is 24.4 Å². The summed E-state index contributed by atoms with van der Waals surface area (Å²) in [4.78, 5) is 11.4. The van der Waals surface area contributed by atoms with Crippen LogP contribution in [-0.2, 0) is 4.79 Å². The van der Waals surface area contributed by atoms with Gasteiger partial charge in [-0.3, -0.25) is 4.79 Å². The standard InChI is InChI=1S/C16H21FN2O/c17-14-5-3-11(4-6-14)13-9-15(10-13)18-7-8-19-16(20)12-1-2-12/h3-6,12-13,15,18H,1-2,7-10H2,(H,19,20). The molecule has 2 aliphatic rings. The molecule has 0 bridgehead atoms. The molecule has 108 valence electrons. The minimum absolute atomic E-state index is 0.172. The lowest BCUT2D eigenvalue weighted by molar-refractivity contribution is -0.122. The Labute approximate surface area is 118 Å². The second-order valence-corrected chi connectivity index (χ2v) is 5.94. The van der Waals surface area contributed by atoms with Gasteiger partial charge in [-0.05, 0) is 49.3 Å². The highest BCUT2D eigenvalue weighted by atomic mass is 19.1. The van der Waals surface area contributed by atoms with E-state index in [4.69, 9.17) is 0 Å². The minimum atomic E-state index is -0.172. The van der Waals surface area contributed by atoms with Crippen LogP contribution in [0, 0.1) is 11.7 Å². The van der Waals surface area contributed by atoms with Gasteiger partial charge < -0.3 is 10.6 Å². The van der Waals surface area contributed by atoms with Crippen molar-refractivity contribution in [3.63, 3.8) is 0 Å². The Kier molecular flexibility index (Phi) is 4.01. The molecule has 20 heavy (non-hydrogen) atoms. The fraction of sp³-hybridized carbons (Fsp3) is 0.562. The van der Waals surface area contributed by atoms with Gasteiger partial charge in [0.25, 0.3) is 0 Å². The first-order valence-corrected chi connectivity index (χ1v) is 7.49. The third kappa shape index (κ3) is 3.37. The van der Waals surface area contributed by atoms with E-state index in [1.54, 1.807) is 0 Å². The Morgan fingerprint density at radius 3 is 2.50 bits per heavy atom. The monoisotopic (exact) mass is 276 g/mol. The lowest BCUT2D eigenvalue weighted by atomic mass is 9.76. The maximum absolute atomic E-state index is 12.8. The number of halogens is 1. The first-order valence-electron chi connectivity index (χ1n) is 7.49. The third-order valence-corrected chi connectivity index (χ3v) is 4.28. The van der Waals surface area contributed by atoms with E-state index in [9.17, 15) is 9.18 Å². The van der Waals surface area contributed by atoms with E-state index in [1.807, 2.05) is 12.1 Å². The Hall–Kier alpha value is -1.42. The number of benzene rings is 1. The van der Waals surface area contributed by atoms with E-state index < -0.39 is 0 Å². The number of carbonyl (C=O) groups is 1. The van der Waals surface area contributed by atoms with E-state index in [2.05, 4.69) is 10.6 Å². The molecule has 0 radical (unpaired) electrons. The molecule has 3 rings (SSSR count). The second-order valence-electron chi connectivity index (χ2n) is 5.94. The summed E-state index contributed by atoms with van der Waals surface area (Å²) in [5.74, 6) is 0.884. The molecule has 3 nitrogen and oxygen atoms in total. The molecule has 0 aromatic heterocycles. The smallest absolute Gasteiger partial charge is 0.223 e. The summed E-state index contributed by atoms with van der Waals surface area (Å²) >= 11 is 0. The van der Waals surface area contributed by atoms with Crippen molar-refractivity contribution in [1.29, 1.82) is 0 Å². The first kappa shape index (κ1) is 13.6. The van der Waals surface area contributed by atoms with Crippen LogP contribution in [0.1, 0.15) is 37.2 Å². The molecule has 0 atom stereocenters. The zero-order chi connectivity index (χ0) is 13.9. The van der Waals surface area contributed by atoms with E-state index in [-0.39, 0.29) is 11.7 Å². The summed E-state index contributed by atoms with van der Waals surface area (Å²) in [6.45, 7) is 1.55. The quantitative estimate of drug-likeness (QED) is 0.782. The molecule has 1 aromatic carbocycles. The predicted octanol–water partition coefficient (Wildman–Crippen LogP) is 2.19. The van der Waals surface area contributed by atoms with Crippen LogP contribution >= 0.6 is 0 Å². The predicted molar refractivity (Wildman–Crippen MR) is 75.9 cm³/mol. The Morgan fingerprint density at radius 2 is 1.85 bits per heavy atom. The molecule has 4 heteroatoms. The molecule has 0 unspecified atom stereocenters. The molecule has 0 spiro atoms. The molecule has 2 fully saturated rings. The topological polar surface area (TPSA) is 41.1 Å². The zero-order valence-corrected chi connectivity index (χ0v) is 11.6. The number of hydrogen-bond acceptors (Lipinski definition) is 2. The van der Waals surface area contributed by atoms with Crippen molar-refractivity contribution in [2.24, 2.45) is 5.92 Å². The first-order chi connectivity index (χ1) is 9.72. The largest absolute Gasteiger partial charge is 0.355 e. The van der Waals surface area contributed by atoms with E-state index >= 15 is 0 Å². The number of hydrogen-bond donors (Lipinski definition) is 2. The van der Waals surface area contributed by atoms with Crippen LogP contribution in [0.15, 0.2) is 24.3 Å². The van der Waals surface area contributed by atoms with Crippen molar-refractivity contribution in [3.8, 4) is 0 Å². The van der Waals surface area contributed by atoms with Gasteiger partial charge in [0.1, 0.15) is 5.82 Å². The van der Waals surface area contributed by atoms with Gasteiger partial charge in [-0.2, -0.15) is 0 Å². The highest BCUT2D eigenvalue weighted by Crippen LogP contribution is 2.36. The molecule has 0 heterocycles. The van der Waals surface area contributed by atoms with Gasteiger partial charge in [0.15, 0.2) is 0 Å². The number of carbonyl (C=O) groups excluding carboxylic acids is 1. The third-order valence-electron chi connectivity index (χ3n) is 4.28. The van der Waals surface area contributed by atoms with Crippen LogP contribution in [0.25, 0.3) is 0 Å². The molecular formula is C16H21FN2O. The number of rotatable bonds is 6. The highest BCUT2D eigenvalue weighted by molar-refractivity contribution is 5.80. The van der Waals surface area contributed by atoms with Gasteiger partial charge in [-0.25, -0.2) is 4.39 Å². The number of amides is 1. The van der Waals surface area contributed by atoms with Gasteiger partial charge in [0.2, 0.25) is 5.91 Å². The maximum Gasteiger partial charge on any atom is 0.223 e. The molecular weight excluding hydrogens is 255 g/mol.